The molecule has 0 aliphatic heterocycles. The maximum absolute atomic E-state index is 12.7. The largest absolute Gasteiger partial charge is 0.373 e. The lowest BCUT2D eigenvalue weighted by Crippen LogP contribution is -2.40. The standard InChI is InChI=1S/C33H44O6Si2/c1-8-13-14-15-16-17-18-31(36-38-32(34)27-19-23-29(24-20-27)40(6,9-2)10-3)37-39-33(35)28-21-25-30(26-22-28)41(7,11-4)12-5/h9-12,19-26,31H,2-5,8,13-18H2,1,6-7H3. The summed E-state index contributed by atoms with van der Waals surface area (Å²) in [6.07, 6.45) is 5.60. The predicted molar refractivity (Wildman–Crippen MR) is 171 cm³/mol. The van der Waals surface area contributed by atoms with Crippen LogP contribution in [0.1, 0.15) is 72.6 Å². The van der Waals surface area contributed by atoms with Crippen LogP contribution >= 0.6 is 0 Å². The number of hydrogen-bond acceptors (Lipinski definition) is 6. The van der Waals surface area contributed by atoms with Gasteiger partial charge in [-0.05, 0) is 30.7 Å². The van der Waals surface area contributed by atoms with E-state index in [1.54, 1.807) is 24.3 Å². The molecule has 0 spiro atoms. The van der Waals surface area contributed by atoms with Gasteiger partial charge in [0.1, 0.15) is 16.1 Å². The van der Waals surface area contributed by atoms with Crippen LogP contribution in [0, 0.1) is 0 Å². The smallest absolute Gasteiger partial charge is 0.290 e. The van der Waals surface area contributed by atoms with Gasteiger partial charge in [-0.3, -0.25) is 9.78 Å². The van der Waals surface area contributed by atoms with E-state index in [4.69, 9.17) is 19.6 Å². The number of unbranched alkanes of at least 4 members (excludes halogenated alkanes) is 5. The van der Waals surface area contributed by atoms with E-state index < -0.39 is 34.4 Å². The van der Waals surface area contributed by atoms with E-state index in [0.717, 1.165) is 42.5 Å². The lowest BCUT2D eigenvalue weighted by molar-refractivity contribution is -0.421. The third kappa shape index (κ3) is 9.93. The zero-order valence-electron chi connectivity index (χ0n) is 24.7. The third-order valence-corrected chi connectivity index (χ3v) is 14.0. The number of carbonyl (C=O) groups excluding carboxylic acids is 2. The number of hydrogen-bond donors (Lipinski definition) is 0. The zero-order valence-corrected chi connectivity index (χ0v) is 26.7. The van der Waals surface area contributed by atoms with Crippen LogP contribution < -0.4 is 10.4 Å². The average Bonchev–Trinajstić information content (AvgIpc) is 3.02. The molecule has 0 saturated heterocycles. The van der Waals surface area contributed by atoms with Crippen LogP contribution in [0.3, 0.4) is 0 Å². The van der Waals surface area contributed by atoms with Crippen molar-refractivity contribution in [2.75, 3.05) is 0 Å². The second-order valence-corrected chi connectivity index (χ2v) is 18.4. The molecule has 0 saturated carbocycles. The first kappa shape index (κ1) is 33.9. The van der Waals surface area contributed by atoms with E-state index in [2.05, 4.69) is 46.3 Å². The van der Waals surface area contributed by atoms with Crippen LogP contribution in [0.4, 0.5) is 0 Å². The zero-order chi connectivity index (χ0) is 30.3. The molecule has 0 amide bonds. The van der Waals surface area contributed by atoms with Crippen LogP contribution in [-0.4, -0.2) is 34.4 Å². The van der Waals surface area contributed by atoms with Gasteiger partial charge in [-0.15, -0.1) is 36.1 Å². The highest BCUT2D eigenvalue weighted by molar-refractivity contribution is 6.99. The Labute approximate surface area is 247 Å². The second-order valence-electron chi connectivity index (χ2n) is 10.5. The summed E-state index contributed by atoms with van der Waals surface area (Å²) in [5, 5.41) is 2.15. The molecule has 0 radical (unpaired) electrons. The van der Waals surface area contributed by atoms with E-state index >= 15 is 0 Å². The molecule has 0 aliphatic carbocycles. The first-order valence-corrected chi connectivity index (χ1v) is 19.5. The monoisotopic (exact) mass is 592 g/mol. The fourth-order valence-electron chi connectivity index (χ4n) is 4.06. The molecule has 0 fully saturated rings. The van der Waals surface area contributed by atoms with E-state index in [-0.39, 0.29) is 0 Å². The Morgan fingerprint density at radius 2 is 1.02 bits per heavy atom. The third-order valence-electron chi connectivity index (χ3n) is 7.44. The highest BCUT2D eigenvalue weighted by Crippen LogP contribution is 2.15. The normalized spacial score (nSPS) is 11.5. The van der Waals surface area contributed by atoms with Crippen molar-refractivity contribution in [1.29, 1.82) is 0 Å². The lowest BCUT2D eigenvalue weighted by atomic mass is 10.1. The maximum atomic E-state index is 12.7. The molecule has 8 heteroatoms. The van der Waals surface area contributed by atoms with E-state index in [1.807, 2.05) is 47.1 Å². The quantitative estimate of drug-likeness (QED) is 0.0569. The van der Waals surface area contributed by atoms with E-state index in [0.29, 0.717) is 17.5 Å². The highest BCUT2D eigenvalue weighted by atomic mass is 28.3. The van der Waals surface area contributed by atoms with Crippen LogP contribution in [0.25, 0.3) is 0 Å². The summed E-state index contributed by atoms with van der Waals surface area (Å²) in [7, 11) is -3.98. The van der Waals surface area contributed by atoms with E-state index in [1.165, 1.54) is 6.42 Å². The van der Waals surface area contributed by atoms with Crippen LogP contribution in [0.2, 0.25) is 13.1 Å². The minimum Gasteiger partial charge on any atom is -0.290 e. The van der Waals surface area contributed by atoms with Gasteiger partial charge < -0.3 is 0 Å². The van der Waals surface area contributed by atoms with Crippen molar-refractivity contribution in [2.45, 2.75) is 71.3 Å². The van der Waals surface area contributed by atoms with Gasteiger partial charge in [-0.1, -0.05) is 110 Å². The summed E-state index contributed by atoms with van der Waals surface area (Å²) in [4.78, 5) is 46.1. The van der Waals surface area contributed by atoms with Crippen molar-refractivity contribution >= 4 is 38.5 Å². The van der Waals surface area contributed by atoms with Crippen molar-refractivity contribution in [2.24, 2.45) is 0 Å². The van der Waals surface area contributed by atoms with Crippen LogP contribution in [-0.2, 0) is 19.6 Å². The molecule has 0 heterocycles. The summed E-state index contributed by atoms with van der Waals surface area (Å²) in [6, 6.07) is 14.2. The summed E-state index contributed by atoms with van der Waals surface area (Å²) in [5.41, 5.74) is 8.36. The van der Waals surface area contributed by atoms with Gasteiger partial charge in [0.15, 0.2) is 0 Å². The van der Waals surface area contributed by atoms with Gasteiger partial charge in [0.25, 0.3) is 0 Å². The summed E-state index contributed by atoms with van der Waals surface area (Å²) >= 11 is 0. The average molecular weight is 593 g/mol. The Balaban J connectivity index is 2.02. The van der Waals surface area contributed by atoms with Gasteiger partial charge in [-0.2, -0.15) is 0 Å². The maximum Gasteiger partial charge on any atom is 0.373 e. The number of rotatable bonds is 19. The Morgan fingerprint density at radius 1 is 0.659 bits per heavy atom. The SMILES string of the molecule is C=C[Si](C)(C=C)c1ccc(C(=O)OOC(CCCCCCCC)OOC(=O)c2ccc([Si](C)(C=C)C=C)cc2)cc1. The van der Waals surface area contributed by atoms with Crippen molar-refractivity contribution in [3.05, 3.63) is 109 Å². The van der Waals surface area contributed by atoms with Crippen LogP contribution in [0.15, 0.2) is 97.6 Å². The van der Waals surface area contributed by atoms with Gasteiger partial charge in [0.05, 0.1) is 11.1 Å². The molecule has 0 aliphatic rings. The molecule has 0 N–H and O–H groups in total. The lowest BCUT2D eigenvalue weighted by Gasteiger charge is -2.19. The molecule has 2 aromatic carbocycles. The fourth-order valence-corrected chi connectivity index (χ4v) is 7.11. The summed E-state index contributed by atoms with van der Waals surface area (Å²) < 4.78 is 0. The number of carbonyl (C=O) groups is 2. The molecule has 6 nitrogen and oxygen atoms in total. The predicted octanol–water partition coefficient (Wildman–Crippen LogP) is 7.11. The van der Waals surface area contributed by atoms with Crippen LogP contribution in [0.5, 0.6) is 0 Å². The molecular formula is C33H44O6Si2. The fraction of sp³-hybridized carbons (Fsp3) is 0.333. The van der Waals surface area contributed by atoms with Gasteiger partial charge in [-0.25, -0.2) is 9.59 Å². The molecular weight excluding hydrogens is 549 g/mol. The van der Waals surface area contributed by atoms with Gasteiger partial charge in [0, 0.05) is 6.42 Å². The first-order valence-electron chi connectivity index (χ1n) is 14.2. The molecule has 0 atom stereocenters. The van der Waals surface area contributed by atoms with Crippen molar-refractivity contribution in [1.82, 2.24) is 0 Å². The Hall–Kier alpha value is -3.31. The van der Waals surface area contributed by atoms with Crippen molar-refractivity contribution in [3.8, 4) is 0 Å². The van der Waals surface area contributed by atoms with E-state index in [9.17, 15) is 9.59 Å². The molecule has 0 unspecified atom stereocenters. The summed E-state index contributed by atoms with van der Waals surface area (Å²) in [6.45, 7) is 22.1. The Morgan fingerprint density at radius 3 is 1.39 bits per heavy atom. The Bertz CT molecular complexity index is 1070. The molecule has 220 valence electrons. The number of benzene rings is 2. The van der Waals surface area contributed by atoms with Crippen molar-refractivity contribution < 1.29 is 29.1 Å². The second kappa shape index (κ2) is 16.8. The molecule has 0 aromatic heterocycles. The molecule has 41 heavy (non-hydrogen) atoms. The first-order chi connectivity index (χ1) is 19.7. The Kier molecular flexibility index (Phi) is 13.9. The minimum atomic E-state index is -1.99. The minimum absolute atomic E-state index is 0.322. The molecule has 0 bridgehead atoms. The molecule has 2 aromatic rings. The van der Waals surface area contributed by atoms with Gasteiger partial charge in [0.2, 0.25) is 6.29 Å². The van der Waals surface area contributed by atoms with Gasteiger partial charge >= 0.3 is 11.9 Å². The van der Waals surface area contributed by atoms with Crippen molar-refractivity contribution in [3.63, 3.8) is 0 Å². The topological polar surface area (TPSA) is 71.1 Å². The highest BCUT2D eigenvalue weighted by Gasteiger charge is 2.24. The summed E-state index contributed by atoms with van der Waals surface area (Å²) in [5.74, 6) is -1.35. The molecule has 2 rings (SSSR count).